The molecule has 0 saturated heterocycles. The Kier molecular flexibility index (Phi) is 45.4. The van der Waals surface area contributed by atoms with Gasteiger partial charge in [-0.05, 0) is 241 Å². The summed E-state index contributed by atoms with van der Waals surface area (Å²) >= 11 is 0. The topological polar surface area (TPSA) is 217 Å². The number of sulfonamides is 2. The Morgan fingerprint density at radius 1 is 0.492 bits per heavy atom. The molecule has 2 aliphatic rings. The third-order valence-corrected chi connectivity index (χ3v) is 23.9. The van der Waals surface area contributed by atoms with E-state index in [1.165, 1.54) is 65.6 Å². The van der Waals surface area contributed by atoms with Crippen LogP contribution in [0, 0.1) is 38.3 Å². The van der Waals surface area contributed by atoms with E-state index in [9.17, 15) is 25.8 Å². The predicted molar refractivity (Wildman–Crippen MR) is 501 cm³/mol. The minimum absolute atomic E-state index is 0.00694. The second-order valence-electron chi connectivity index (χ2n) is 42.9. The number of ether oxygens (including phenoxy) is 1. The van der Waals surface area contributed by atoms with Gasteiger partial charge in [-0.2, -0.15) is 0 Å². The lowest BCUT2D eigenvalue weighted by Crippen LogP contribution is -2.42. The van der Waals surface area contributed by atoms with E-state index < -0.39 is 27.2 Å². The Bertz CT molecular complexity index is 4250. The summed E-state index contributed by atoms with van der Waals surface area (Å²) in [5.74, 6) is 0.647. The normalized spacial score (nSPS) is 13.6. The maximum atomic E-state index is 13.1. The average molecular weight is 1690 g/mol. The van der Waals surface area contributed by atoms with Crippen molar-refractivity contribution < 1.29 is 30.5 Å². The van der Waals surface area contributed by atoms with Crippen LogP contribution in [0.5, 0.6) is 0 Å². The Morgan fingerprint density at radius 2 is 0.941 bits per heavy atom. The first-order valence-electron chi connectivity index (χ1n) is 42.0. The van der Waals surface area contributed by atoms with Crippen LogP contribution in [0.25, 0.3) is 11.0 Å². The SMILES string of the molecule is CC(C)(C)CCc1ccccn1.CC(C)(C)CCc1ncccn1.CC(C)(C)CCn1cnc2ccccc21.CC(C)(C)COCc1ncccc1F.CC(C)(C)Cc1ccccn1.CC(C)(C)Cc1ccccn1.CC(C)(C)NS(=O)(=O)C1CC1.CC(C)(C)NS(C)(=O)=O.CC(C)(C)P(C)(C)=O.CN1CCc2c(cccc2C(C)(C)C)C1. The highest BCUT2D eigenvalue weighted by Gasteiger charge is 2.38. The van der Waals surface area contributed by atoms with Crippen LogP contribution in [0.3, 0.4) is 0 Å². The van der Waals surface area contributed by atoms with Crippen LogP contribution >= 0.6 is 7.14 Å². The number of halogens is 1. The van der Waals surface area contributed by atoms with Gasteiger partial charge in [-0.3, -0.25) is 19.9 Å². The number of nitrogens with zero attached hydrogens (tertiary/aromatic N) is 9. The zero-order valence-electron chi connectivity index (χ0n) is 79.8. The lowest BCUT2D eigenvalue weighted by atomic mass is 9.80. The van der Waals surface area contributed by atoms with Crippen molar-refractivity contribution in [1.82, 2.24) is 53.8 Å². The summed E-state index contributed by atoms with van der Waals surface area (Å²) in [5, 5.41) is -0.116. The van der Waals surface area contributed by atoms with Crippen molar-refractivity contribution in [3.05, 3.63) is 210 Å². The third-order valence-electron chi connectivity index (χ3n) is 17.5. The van der Waals surface area contributed by atoms with E-state index in [0.717, 1.165) is 75.6 Å². The molecule has 0 radical (unpaired) electrons. The summed E-state index contributed by atoms with van der Waals surface area (Å²) in [7, 11) is -5.68. The first-order chi connectivity index (χ1) is 53.6. The molecule has 2 N–H and O–H groups in total. The summed E-state index contributed by atoms with van der Waals surface area (Å²) in [6, 6.07) is 38.1. The van der Waals surface area contributed by atoms with Crippen molar-refractivity contribution in [2.75, 3.05) is 39.8 Å². The molecule has 118 heavy (non-hydrogen) atoms. The third kappa shape index (κ3) is 56.9. The van der Waals surface area contributed by atoms with Gasteiger partial charge in [0.25, 0.3) is 0 Å². The lowest BCUT2D eigenvalue weighted by molar-refractivity contribution is 0.0564. The Hall–Kier alpha value is -6.51. The van der Waals surface area contributed by atoms with Gasteiger partial charge in [0.2, 0.25) is 20.0 Å². The summed E-state index contributed by atoms with van der Waals surface area (Å²) in [6.07, 6.45) is 24.3. The van der Waals surface area contributed by atoms with E-state index in [1.54, 1.807) is 51.0 Å². The number of likely N-dealkylation sites (N-methyl/N-ethyl adjacent to an activating group) is 1. The fourth-order valence-electron chi connectivity index (χ4n) is 10.6. The number of hydrogen-bond donors (Lipinski definition) is 2. The number of pyridine rings is 4. The van der Waals surface area contributed by atoms with E-state index in [4.69, 9.17) is 4.74 Å². The van der Waals surface area contributed by atoms with Crippen molar-refractivity contribution in [2.45, 2.75) is 319 Å². The van der Waals surface area contributed by atoms with E-state index in [2.05, 4.69) is 261 Å². The van der Waals surface area contributed by atoms with Crippen LogP contribution < -0.4 is 9.44 Å². The molecule has 1 fully saturated rings. The van der Waals surface area contributed by atoms with Gasteiger partial charge < -0.3 is 18.8 Å². The molecule has 0 unspecified atom stereocenters. The highest BCUT2D eigenvalue weighted by atomic mass is 32.2. The highest BCUT2D eigenvalue weighted by molar-refractivity contribution is 7.90. The van der Waals surface area contributed by atoms with Gasteiger partial charge in [0.1, 0.15) is 17.3 Å². The second-order valence-corrected chi connectivity index (χ2v) is 50.6. The number of benzene rings is 2. The summed E-state index contributed by atoms with van der Waals surface area (Å²) in [5.41, 5.74) is 12.5. The minimum Gasteiger partial charge on any atom is -0.374 e. The average Bonchev–Trinajstić information content (AvgIpc) is 1.21. The molecular weight excluding hydrogens is 1530 g/mol. The maximum Gasteiger partial charge on any atom is 0.214 e. The molecule has 1 aliphatic carbocycles. The largest absolute Gasteiger partial charge is 0.374 e. The number of imidazole rings is 1. The number of aromatic nitrogens is 8. The molecular formula is C97H161FN11O6PS2. The Balaban J connectivity index is 0.000000659. The molecule has 21 heteroatoms. The monoisotopic (exact) mass is 1690 g/mol. The predicted octanol–water partition coefficient (Wildman–Crippen LogP) is 23.7. The molecule has 1 aliphatic heterocycles. The zero-order valence-corrected chi connectivity index (χ0v) is 82.3. The van der Waals surface area contributed by atoms with E-state index >= 15 is 0 Å². The molecule has 664 valence electrons. The molecule has 17 nitrogen and oxygen atoms in total. The van der Waals surface area contributed by atoms with Gasteiger partial charge in [0, 0.05) is 96.6 Å². The number of aryl methyl sites for hydroxylation is 3. The highest BCUT2D eigenvalue weighted by Crippen LogP contribution is 2.50. The van der Waals surface area contributed by atoms with Crippen LogP contribution in [0.4, 0.5) is 4.39 Å². The molecule has 6 aromatic heterocycles. The number of para-hydroxylation sites is 2. The van der Waals surface area contributed by atoms with Crippen LogP contribution in [-0.4, -0.2) is 122 Å². The maximum absolute atomic E-state index is 13.1. The number of rotatable bonds is 14. The lowest BCUT2D eigenvalue weighted by Gasteiger charge is -2.31. The standard InChI is InChI=1S/C14H21N.C13H18N2.C11H16FNO.C11H17N.C10H16N2.2C10H15N.C7H15NO2S.C6H15OP.C5H13NO2S/c1-14(2,3)13-7-5-6-11-10-15(4)9-8-12(11)13;1-13(2,3)8-9-15-10-14-11-6-4-5-7-12(11)15;1-11(2,3)8-14-7-10-9(12)5-4-6-13-10;1-11(2,3)8-7-10-6-4-5-9-12-10;1-10(2,3)6-5-9-11-7-4-8-12-9;2*1-10(2,3)8-9-6-4-5-7-11-9;1-7(2,3)8-11(9,10)6-4-5-6;1-6(2,3)8(4,5)7;1-5(2,3)6-9(4,7)8/h5-7H,8-10H2,1-4H3;4-7,10H,8-9H2,1-3H3;4-6H,7-8H2,1-3H3;4-6,9H,7-8H2,1-3H3;4,7-8H,5-6H2,1-3H3;2*4-7H,8H2,1-3H3;6,8H,4-5H2,1-3H3;1-5H3;6H,1-4H3. The van der Waals surface area contributed by atoms with Gasteiger partial charge in [0.05, 0.1) is 49.2 Å². The van der Waals surface area contributed by atoms with Crippen LogP contribution in [0.1, 0.15) is 285 Å². The molecule has 0 bridgehead atoms. The van der Waals surface area contributed by atoms with E-state index in [1.807, 2.05) is 128 Å². The van der Waals surface area contributed by atoms with Gasteiger partial charge in [-0.15, -0.1) is 0 Å². The van der Waals surface area contributed by atoms with Gasteiger partial charge >= 0.3 is 0 Å². The first kappa shape index (κ1) is 109. The zero-order chi connectivity index (χ0) is 90.6. The van der Waals surface area contributed by atoms with Crippen molar-refractivity contribution in [2.24, 2.45) is 32.5 Å². The van der Waals surface area contributed by atoms with Crippen molar-refractivity contribution in [3.8, 4) is 0 Å². The van der Waals surface area contributed by atoms with Crippen LogP contribution in [0.15, 0.2) is 159 Å². The van der Waals surface area contributed by atoms with Gasteiger partial charge in [-0.25, -0.2) is 45.6 Å². The fraction of sp³-hybridized carbons (Fsp3) is 0.619. The van der Waals surface area contributed by atoms with Crippen molar-refractivity contribution >= 4 is 38.2 Å². The molecule has 1 saturated carbocycles. The van der Waals surface area contributed by atoms with E-state index in [-0.39, 0.29) is 44.7 Å². The van der Waals surface area contributed by atoms with Crippen molar-refractivity contribution in [3.63, 3.8) is 0 Å². The molecule has 8 aromatic rings. The smallest absolute Gasteiger partial charge is 0.214 e. The number of hydrogen-bond acceptors (Lipinski definition) is 14. The van der Waals surface area contributed by atoms with E-state index in [0.29, 0.717) is 39.4 Å². The molecule has 0 amide bonds. The molecule has 2 aromatic carbocycles. The summed E-state index contributed by atoms with van der Waals surface area (Å²) < 4.78 is 80.6. The van der Waals surface area contributed by atoms with Gasteiger partial charge in [-0.1, -0.05) is 215 Å². The molecule has 10 rings (SSSR count). The molecule has 0 spiro atoms. The van der Waals surface area contributed by atoms with Crippen LogP contribution in [0.2, 0.25) is 0 Å². The first-order valence-corrected chi connectivity index (χ1v) is 48.0. The number of fused-ring (bicyclic) bond motifs is 2. The molecule has 0 atom stereocenters. The summed E-state index contributed by atoms with van der Waals surface area (Å²) in [4.78, 5) is 31.8. The quantitative estimate of drug-likeness (QED) is 0.0969. The fourth-order valence-corrected chi connectivity index (χ4v) is 13.5. The Morgan fingerprint density at radius 3 is 1.34 bits per heavy atom. The Labute approximate surface area is 718 Å². The van der Waals surface area contributed by atoms with Crippen LogP contribution in [-0.2, 0) is 86.6 Å². The molecule has 7 heterocycles. The van der Waals surface area contributed by atoms with Gasteiger partial charge in [0.15, 0.2) is 0 Å². The summed E-state index contributed by atoms with van der Waals surface area (Å²) in [6.45, 7) is 71.6. The number of nitrogens with one attached hydrogen (secondary N) is 2. The minimum atomic E-state index is -3.03. The van der Waals surface area contributed by atoms with Crippen molar-refractivity contribution in [1.29, 1.82) is 0 Å². The second kappa shape index (κ2) is 49.0.